The van der Waals surface area contributed by atoms with Crippen molar-refractivity contribution in [3.05, 3.63) is 52.1 Å². The van der Waals surface area contributed by atoms with Crippen molar-refractivity contribution < 1.29 is 9.50 Å². The molecule has 0 spiro atoms. The molecule has 1 heterocycles. The largest absolute Gasteiger partial charge is 0.395 e. The second-order valence-electron chi connectivity index (χ2n) is 4.31. The van der Waals surface area contributed by atoms with E-state index in [-0.39, 0.29) is 12.4 Å². The predicted molar refractivity (Wildman–Crippen MR) is 76.1 cm³/mol. The Hall–Kier alpha value is -1.83. The van der Waals surface area contributed by atoms with Crippen LogP contribution in [0.3, 0.4) is 0 Å². The van der Waals surface area contributed by atoms with Crippen molar-refractivity contribution >= 4 is 11.6 Å². The molecule has 20 heavy (non-hydrogen) atoms. The van der Waals surface area contributed by atoms with Crippen LogP contribution in [-0.2, 0) is 6.54 Å². The molecular weight excluding hydrogens is 279 g/mol. The van der Waals surface area contributed by atoms with Crippen molar-refractivity contribution in [2.75, 3.05) is 6.61 Å². The molecule has 0 aliphatic heterocycles. The highest BCUT2D eigenvalue weighted by atomic mass is 35.5. The Kier molecular flexibility index (Phi) is 4.78. The molecule has 0 aliphatic carbocycles. The summed E-state index contributed by atoms with van der Waals surface area (Å²) in [4.78, 5) is 0. The highest BCUT2D eigenvalue weighted by molar-refractivity contribution is 6.31. The molecular formula is C15H14ClFN2O. The summed E-state index contributed by atoms with van der Waals surface area (Å²) >= 11 is 5.96. The van der Waals surface area contributed by atoms with Crippen molar-refractivity contribution in [1.82, 2.24) is 9.78 Å². The van der Waals surface area contributed by atoms with Crippen LogP contribution in [0.4, 0.5) is 4.39 Å². The van der Waals surface area contributed by atoms with Crippen LogP contribution in [0.1, 0.15) is 23.2 Å². The van der Waals surface area contributed by atoms with E-state index >= 15 is 0 Å². The molecule has 5 heteroatoms. The lowest BCUT2D eigenvalue weighted by molar-refractivity contribution is 0.305. The summed E-state index contributed by atoms with van der Waals surface area (Å²) in [6, 6.07) is 4.47. The molecule has 0 bridgehead atoms. The van der Waals surface area contributed by atoms with Gasteiger partial charge in [-0.05, 0) is 24.6 Å². The molecule has 104 valence electrons. The number of benzene rings is 1. The van der Waals surface area contributed by atoms with Gasteiger partial charge in [-0.2, -0.15) is 5.10 Å². The first kappa shape index (κ1) is 14.6. The van der Waals surface area contributed by atoms with E-state index in [0.29, 0.717) is 23.6 Å². The molecule has 0 atom stereocenters. The Morgan fingerprint density at radius 3 is 2.90 bits per heavy atom. The van der Waals surface area contributed by atoms with E-state index in [1.807, 2.05) is 6.92 Å². The molecule has 1 N–H and O–H groups in total. The van der Waals surface area contributed by atoms with Crippen LogP contribution in [0.25, 0.3) is 0 Å². The van der Waals surface area contributed by atoms with E-state index in [2.05, 4.69) is 16.9 Å². The summed E-state index contributed by atoms with van der Waals surface area (Å²) in [7, 11) is 0. The predicted octanol–water partition coefficient (Wildman–Crippen LogP) is 2.77. The molecule has 2 aromatic rings. The quantitative estimate of drug-likeness (QED) is 0.884. The standard InChI is InChI=1S/C15H14ClFN2O/c1-11-15(16)9-18-19(11)10-13-5-6-14(17)8-12(13)4-2-3-7-20/h5-6,8-9,20H,3,7,10H2,1H3. The SMILES string of the molecule is Cc1c(Cl)cnn1Cc1ccc(F)cc1C#CCCO. The van der Waals surface area contributed by atoms with E-state index < -0.39 is 0 Å². The minimum atomic E-state index is -0.336. The van der Waals surface area contributed by atoms with E-state index in [1.54, 1.807) is 16.9 Å². The lowest BCUT2D eigenvalue weighted by Crippen LogP contribution is -2.05. The Balaban J connectivity index is 2.32. The number of hydrogen-bond donors (Lipinski definition) is 1. The van der Waals surface area contributed by atoms with Gasteiger partial charge in [-0.15, -0.1) is 0 Å². The van der Waals surface area contributed by atoms with E-state index in [9.17, 15) is 4.39 Å². The van der Waals surface area contributed by atoms with Crippen LogP contribution in [0, 0.1) is 24.6 Å². The first-order valence-electron chi connectivity index (χ1n) is 6.18. The zero-order valence-corrected chi connectivity index (χ0v) is 11.8. The smallest absolute Gasteiger partial charge is 0.124 e. The first-order valence-corrected chi connectivity index (χ1v) is 6.55. The van der Waals surface area contributed by atoms with Gasteiger partial charge < -0.3 is 5.11 Å². The molecule has 0 fully saturated rings. The molecule has 0 amide bonds. The van der Waals surface area contributed by atoms with Gasteiger partial charge in [0.05, 0.1) is 30.1 Å². The number of aliphatic hydroxyl groups is 1. The topological polar surface area (TPSA) is 38.0 Å². The van der Waals surface area contributed by atoms with Crippen molar-refractivity contribution in [3.63, 3.8) is 0 Å². The maximum atomic E-state index is 13.3. The molecule has 0 saturated carbocycles. The number of rotatable bonds is 3. The van der Waals surface area contributed by atoms with Crippen molar-refractivity contribution in [3.8, 4) is 11.8 Å². The lowest BCUT2D eigenvalue weighted by atomic mass is 10.1. The number of aliphatic hydroxyl groups excluding tert-OH is 1. The highest BCUT2D eigenvalue weighted by Crippen LogP contribution is 2.17. The van der Waals surface area contributed by atoms with Gasteiger partial charge in [0.1, 0.15) is 5.82 Å². The van der Waals surface area contributed by atoms with Crippen LogP contribution in [-0.4, -0.2) is 21.5 Å². The third-order valence-electron chi connectivity index (χ3n) is 2.90. The van der Waals surface area contributed by atoms with Gasteiger partial charge in [0, 0.05) is 12.0 Å². The van der Waals surface area contributed by atoms with Crippen molar-refractivity contribution in [1.29, 1.82) is 0 Å². The number of aromatic nitrogens is 2. The van der Waals surface area contributed by atoms with Gasteiger partial charge in [-0.3, -0.25) is 4.68 Å². The molecule has 0 unspecified atom stereocenters. The fourth-order valence-electron chi connectivity index (χ4n) is 1.76. The summed E-state index contributed by atoms with van der Waals surface area (Å²) in [5, 5.41) is 13.5. The van der Waals surface area contributed by atoms with Gasteiger partial charge in [-0.1, -0.05) is 29.5 Å². The zero-order chi connectivity index (χ0) is 14.5. The Labute approximate surface area is 122 Å². The normalized spacial score (nSPS) is 10.2. The second kappa shape index (κ2) is 6.56. The maximum Gasteiger partial charge on any atom is 0.124 e. The third-order valence-corrected chi connectivity index (χ3v) is 3.27. The van der Waals surface area contributed by atoms with Crippen LogP contribution >= 0.6 is 11.6 Å². The molecule has 0 radical (unpaired) electrons. The lowest BCUT2D eigenvalue weighted by Gasteiger charge is -2.07. The Bertz CT molecular complexity index is 670. The molecule has 3 nitrogen and oxygen atoms in total. The molecule has 1 aromatic heterocycles. The first-order chi connectivity index (χ1) is 9.61. The number of hydrogen-bond acceptors (Lipinski definition) is 2. The van der Waals surface area contributed by atoms with E-state index in [1.165, 1.54) is 12.1 Å². The summed E-state index contributed by atoms with van der Waals surface area (Å²) in [6.07, 6.45) is 1.94. The minimum Gasteiger partial charge on any atom is -0.395 e. The van der Waals surface area contributed by atoms with Gasteiger partial charge >= 0.3 is 0 Å². The maximum absolute atomic E-state index is 13.3. The fraction of sp³-hybridized carbons (Fsp3) is 0.267. The molecule has 1 aromatic carbocycles. The van der Waals surface area contributed by atoms with Crippen LogP contribution in [0.2, 0.25) is 5.02 Å². The fourth-order valence-corrected chi connectivity index (χ4v) is 1.90. The van der Waals surface area contributed by atoms with Crippen molar-refractivity contribution in [2.24, 2.45) is 0 Å². The van der Waals surface area contributed by atoms with Gasteiger partial charge in [-0.25, -0.2) is 4.39 Å². The van der Waals surface area contributed by atoms with Gasteiger partial charge in [0.2, 0.25) is 0 Å². The molecule has 0 aliphatic rings. The summed E-state index contributed by atoms with van der Waals surface area (Å²) in [6.45, 7) is 2.34. The summed E-state index contributed by atoms with van der Waals surface area (Å²) < 4.78 is 15.1. The van der Waals surface area contributed by atoms with E-state index in [4.69, 9.17) is 16.7 Å². The second-order valence-corrected chi connectivity index (χ2v) is 4.72. The average molecular weight is 293 g/mol. The summed E-state index contributed by atoms with van der Waals surface area (Å²) in [5.74, 6) is 5.34. The van der Waals surface area contributed by atoms with Crippen LogP contribution < -0.4 is 0 Å². The average Bonchev–Trinajstić information content (AvgIpc) is 2.74. The Morgan fingerprint density at radius 1 is 1.45 bits per heavy atom. The summed E-state index contributed by atoms with van der Waals surface area (Å²) in [5.41, 5.74) is 2.31. The van der Waals surface area contributed by atoms with Gasteiger partial charge in [0.15, 0.2) is 0 Å². The van der Waals surface area contributed by atoms with Crippen LogP contribution in [0.5, 0.6) is 0 Å². The molecule has 0 saturated heterocycles. The molecule has 2 rings (SSSR count). The number of nitrogens with zero attached hydrogens (tertiary/aromatic N) is 2. The highest BCUT2D eigenvalue weighted by Gasteiger charge is 2.08. The Morgan fingerprint density at radius 2 is 2.25 bits per heavy atom. The zero-order valence-electron chi connectivity index (χ0n) is 11.0. The number of halogens is 2. The van der Waals surface area contributed by atoms with E-state index in [0.717, 1.165) is 11.3 Å². The minimum absolute atomic E-state index is 0.00841. The monoisotopic (exact) mass is 292 g/mol. The van der Waals surface area contributed by atoms with Crippen molar-refractivity contribution in [2.45, 2.75) is 19.9 Å². The third kappa shape index (κ3) is 3.38. The van der Waals surface area contributed by atoms with Crippen LogP contribution in [0.15, 0.2) is 24.4 Å². The van der Waals surface area contributed by atoms with Gasteiger partial charge in [0.25, 0.3) is 0 Å².